The number of aromatic nitrogens is 2. The lowest BCUT2D eigenvalue weighted by molar-refractivity contribution is -0.158. The van der Waals surface area contributed by atoms with Crippen LogP contribution in [0.2, 0.25) is 0 Å². The summed E-state index contributed by atoms with van der Waals surface area (Å²) in [5, 5.41) is 15.6. The van der Waals surface area contributed by atoms with Crippen LogP contribution in [0.1, 0.15) is 24.3 Å². The van der Waals surface area contributed by atoms with Crippen LogP contribution in [0.15, 0.2) is 28.9 Å². The standard InChI is InChI=1S/C19H18F5N5O3/c1-8(30)5-25-17-26-6-11(7-27-17)28-18(31)29-16(19(22,23)24)14-9(2)12-3-10(20)4-13(21)15(12)32-14/h3-4,6-8,16,30H,5H2,1-2H3,(H,25,26,27)(H2,28,29,31)/t8-,16?/m1/s1. The van der Waals surface area contributed by atoms with E-state index in [-0.39, 0.29) is 29.1 Å². The number of anilines is 2. The van der Waals surface area contributed by atoms with Gasteiger partial charge in [-0.05, 0) is 19.9 Å². The Morgan fingerprint density at radius 1 is 1.22 bits per heavy atom. The Balaban J connectivity index is 1.80. The number of amides is 2. The van der Waals surface area contributed by atoms with Crippen molar-refractivity contribution in [2.75, 3.05) is 17.2 Å². The molecule has 2 amide bonds. The number of urea groups is 1. The van der Waals surface area contributed by atoms with Crippen molar-refractivity contribution in [1.29, 1.82) is 0 Å². The molecule has 0 aliphatic carbocycles. The van der Waals surface area contributed by atoms with Crippen molar-refractivity contribution < 1.29 is 36.3 Å². The van der Waals surface area contributed by atoms with Crippen molar-refractivity contribution in [3.05, 3.63) is 47.5 Å². The molecule has 3 aromatic rings. The molecule has 3 rings (SSSR count). The topological polar surface area (TPSA) is 112 Å². The van der Waals surface area contributed by atoms with E-state index in [1.165, 1.54) is 6.92 Å². The number of hydrogen-bond acceptors (Lipinski definition) is 6. The van der Waals surface area contributed by atoms with Gasteiger partial charge in [-0.25, -0.2) is 23.5 Å². The number of carbonyl (C=O) groups is 1. The van der Waals surface area contributed by atoms with Gasteiger partial charge in [0.15, 0.2) is 17.4 Å². The van der Waals surface area contributed by atoms with Crippen molar-refractivity contribution in [3.63, 3.8) is 0 Å². The van der Waals surface area contributed by atoms with Gasteiger partial charge in [-0.1, -0.05) is 0 Å². The lowest BCUT2D eigenvalue weighted by atomic mass is 10.1. The minimum atomic E-state index is -5.00. The van der Waals surface area contributed by atoms with Crippen molar-refractivity contribution in [1.82, 2.24) is 15.3 Å². The molecule has 2 heterocycles. The van der Waals surface area contributed by atoms with Crippen LogP contribution in [0.25, 0.3) is 11.0 Å². The van der Waals surface area contributed by atoms with Crippen molar-refractivity contribution >= 4 is 28.6 Å². The monoisotopic (exact) mass is 459 g/mol. The predicted molar refractivity (Wildman–Crippen MR) is 104 cm³/mol. The summed E-state index contributed by atoms with van der Waals surface area (Å²) in [5.74, 6) is -2.79. The molecule has 0 aliphatic rings. The van der Waals surface area contributed by atoms with E-state index >= 15 is 0 Å². The van der Waals surface area contributed by atoms with Crippen LogP contribution >= 0.6 is 0 Å². The Hall–Kier alpha value is -3.48. The van der Waals surface area contributed by atoms with E-state index in [9.17, 15) is 31.9 Å². The zero-order valence-corrected chi connectivity index (χ0v) is 16.7. The Morgan fingerprint density at radius 2 is 1.88 bits per heavy atom. The smallest absolute Gasteiger partial charge is 0.416 e. The number of alkyl halides is 3. The summed E-state index contributed by atoms with van der Waals surface area (Å²) < 4.78 is 73.5. The zero-order chi connectivity index (χ0) is 23.6. The number of nitrogens with one attached hydrogen (secondary N) is 3. The average Bonchev–Trinajstić information content (AvgIpc) is 3.01. The molecule has 0 fully saturated rings. The fourth-order valence-corrected chi connectivity index (χ4v) is 2.85. The summed E-state index contributed by atoms with van der Waals surface area (Å²) in [4.78, 5) is 19.9. The van der Waals surface area contributed by atoms with Crippen LogP contribution in [0.3, 0.4) is 0 Å². The molecule has 172 valence electrons. The molecule has 1 unspecified atom stereocenters. The van der Waals surface area contributed by atoms with Gasteiger partial charge in [-0.2, -0.15) is 13.2 Å². The molecule has 2 atom stereocenters. The number of benzene rings is 1. The van der Waals surface area contributed by atoms with Gasteiger partial charge in [0.25, 0.3) is 0 Å². The van der Waals surface area contributed by atoms with E-state index < -0.39 is 47.3 Å². The number of rotatable bonds is 6. The van der Waals surface area contributed by atoms with Gasteiger partial charge >= 0.3 is 12.2 Å². The van der Waals surface area contributed by atoms with Crippen LogP contribution in [0.5, 0.6) is 0 Å². The molecule has 0 saturated carbocycles. The maximum absolute atomic E-state index is 13.9. The number of aryl methyl sites for hydroxylation is 1. The summed E-state index contributed by atoms with van der Waals surface area (Å²) in [5.41, 5.74) is -0.734. The number of furan rings is 1. The Bertz CT molecular complexity index is 1120. The zero-order valence-electron chi connectivity index (χ0n) is 16.7. The SMILES string of the molecule is Cc1c(C(NC(=O)Nc2cnc(NC[C@@H](C)O)nc2)C(F)(F)F)oc2c(F)cc(F)cc12. The number of nitrogens with zero attached hydrogens (tertiary/aromatic N) is 2. The second-order valence-electron chi connectivity index (χ2n) is 6.95. The first-order chi connectivity index (χ1) is 15.0. The largest absolute Gasteiger partial charge is 0.455 e. The number of hydrogen-bond donors (Lipinski definition) is 4. The molecule has 2 aromatic heterocycles. The summed E-state index contributed by atoms with van der Waals surface area (Å²) in [6.07, 6.45) is -3.38. The summed E-state index contributed by atoms with van der Waals surface area (Å²) in [7, 11) is 0. The number of fused-ring (bicyclic) bond motifs is 1. The molecule has 13 heteroatoms. The molecule has 0 saturated heterocycles. The maximum Gasteiger partial charge on any atom is 0.416 e. The van der Waals surface area contributed by atoms with Gasteiger partial charge in [-0.3, -0.25) is 0 Å². The van der Waals surface area contributed by atoms with E-state index in [0.29, 0.717) is 6.07 Å². The number of carbonyl (C=O) groups excluding carboxylic acids is 1. The normalized spacial score (nSPS) is 13.6. The van der Waals surface area contributed by atoms with Gasteiger partial charge in [0, 0.05) is 23.6 Å². The number of halogens is 5. The first kappa shape index (κ1) is 23.2. The molecule has 1 aromatic carbocycles. The fraction of sp³-hybridized carbons (Fsp3) is 0.316. The van der Waals surface area contributed by atoms with Crippen LogP contribution < -0.4 is 16.0 Å². The van der Waals surface area contributed by atoms with Crippen molar-refractivity contribution in [3.8, 4) is 0 Å². The van der Waals surface area contributed by atoms with Crippen LogP contribution in [-0.2, 0) is 0 Å². The highest BCUT2D eigenvalue weighted by Crippen LogP contribution is 2.39. The first-order valence-electron chi connectivity index (χ1n) is 9.22. The fourth-order valence-electron chi connectivity index (χ4n) is 2.85. The molecule has 32 heavy (non-hydrogen) atoms. The third-order valence-electron chi connectivity index (χ3n) is 4.32. The Kier molecular flexibility index (Phi) is 6.48. The van der Waals surface area contributed by atoms with Crippen molar-refractivity contribution in [2.45, 2.75) is 32.2 Å². The highest BCUT2D eigenvalue weighted by Gasteiger charge is 2.45. The lowest BCUT2D eigenvalue weighted by Crippen LogP contribution is -2.40. The Morgan fingerprint density at radius 3 is 2.47 bits per heavy atom. The van der Waals surface area contributed by atoms with Gasteiger partial charge in [0.2, 0.25) is 5.95 Å². The van der Waals surface area contributed by atoms with E-state index in [1.807, 2.05) is 0 Å². The number of aliphatic hydroxyl groups is 1. The van der Waals surface area contributed by atoms with Crippen LogP contribution in [-0.4, -0.2) is 39.9 Å². The van der Waals surface area contributed by atoms with Gasteiger partial charge < -0.3 is 25.5 Å². The highest BCUT2D eigenvalue weighted by atomic mass is 19.4. The van der Waals surface area contributed by atoms with E-state index in [4.69, 9.17) is 4.42 Å². The van der Waals surface area contributed by atoms with E-state index in [0.717, 1.165) is 18.5 Å². The lowest BCUT2D eigenvalue weighted by Gasteiger charge is -2.20. The summed E-state index contributed by atoms with van der Waals surface area (Å²) in [6, 6.07) is -2.56. The summed E-state index contributed by atoms with van der Waals surface area (Å²) >= 11 is 0. The van der Waals surface area contributed by atoms with Gasteiger partial charge in [0.1, 0.15) is 11.6 Å². The Labute approximate surface area is 177 Å². The summed E-state index contributed by atoms with van der Waals surface area (Å²) in [6.45, 7) is 2.91. The molecule has 0 aliphatic heterocycles. The second kappa shape index (κ2) is 8.94. The molecular weight excluding hydrogens is 441 g/mol. The van der Waals surface area contributed by atoms with Crippen LogP contribution in [0, 0.1) is 18.6 Å². The molecular formula is C19H18F5N5O3. The molecule has 8 nitrogen and oxygen atoms in total. The minimum absolute atomic E-state index is 0.0135. The third kappa shape index (κ3) is 5.22. The van der Waals surface area contributed by atoms with E-state index in [1.54, 1.807) is 12.2 Å². The molecule has 0 radical (unpaired) electrons. The average molecular weight is 459 g/mol. The quantitative estimate of drug-likeness (QED) is 0.414. The number of aliphatic hydroxyl groups excluding tert-OH is 1. The highest BCUT2D eigenvalue weighted by molar-refractivity contribution is 5.89. The third-order valence-corrected chi connectivity index (χ3v) is 4.32. The maximum atomic E-state index is 13.9. The van der Waals surface area contributed by atoms with Gasteiger partial charge in [0.05, 0.1) is 24.2 Å². The van der Waals surface area contributed by atoms with E-state index in [2.05, 4.69) is 20.6 Å². The first-order valence-corrected chi connectivity index (χ1v) is 9.22. The van der Waals surface area contributed by atoms with Crippen molar-refractivity contribution in [2.24, 2.45) is 0 Å². The minimum Gasteiger partial charge on any atom is -0.455 e. The van der Waals surface area contributed by atoms with Crippen LogP contribution in [0.4, 0.5) is 38.4 Å². The van der Waals surface area contributed by atoms with Gasteiger partial charge in [-0.15, -0.1) is 0 Å². The molecule has 0 spiro atoms. The predicted octanol–water partition coefficient (Wildman–Crippen LogP) is 4.03. The molecule has 0 bridgehead atoms. The molecule has 4 N–H and O–H groups in total. The second-order valence-corrected chi connectivity index (χ2v) is 6.95.